The molecule has 10 nitrogen and oxygen atoms in total. The number of carboxylic acids is 1. The third-order valence-electron chi connectivity index (χ3n) is 8.38. The summed E-state index contributed by atoms with van der Waals surface area (Å²) in [6.07, 6.45) is 4.43. The Labute approximate surface area is 228 Å². The lowest BCUT2D eigenvalue weighted by molar-refractivity contribution is -0.168. The van der Waals surface area contributed by atoms with Crippen LogP contribution in [-0.4, -0.2) is 77.4 Å². The summed E-state index contributed by atoms with van der Waals surface area (Å²) in [5.41, 5.74) is 0.0818. The third-order valence-corrected chi connectivity index (χ3v) is 8.38. The third kappa shape index (κ3) is 3.99. The van der Waals surface area contributed by atoms with E-state index in [0.29, 0.717) is 24.3 Å². The maximum absolute atomic E-state index is 12.7. The van der Waals surface area contributed by atoms with Gasteiger partial charge in [0.1, 0.15) is 11.8 Å². The van der Waals surface area contributed by atoms with E-state index in [-0.39, 0.29) is 37.6 Å². The van der Waals surface area contributed by atoms with Gasteiger partial charge in [-0.25, -0.2) is 9.59 Å². The normalized spacial score (nSPS) is 29.5. The number of aliphatic carboxylic acids is 1. The van der Waals surface area contributed by atoms with Crippen LogP contribution in [0.2, 0.25) is 0 Å². The van der Waals surface area contributed by atoms with Gasteiger partial charge >= 0.3 is 11.9 Å². The first-order chi connectivity index (χ1) is 17.5. The lowest BCUT2D eigenvalue weighted by atomic mass is 9.50. The fourth-order valence-corrected chi connectivity index (χ4v) is 6.60. The molecule has 1 fully saturated rings. The highest BCUT2D eigenvalue weighted by Crippen LogP contribution is 2.65. The van der Waals surface area contributed by atoms with Crippen LogP contribution in [-0.2, 0) is 31.0 Å². The number of rotatable bonds is 7. The van der Waals surface area contributed by atoms with E-state index < -0.39 is 41.0 Å². The van der Waals surface area contributed by atoms with Crippen LogP contribution >= 0.6 is 13.5 Å². The van der Waals surface area contributed by atoms with Crippen LogP contribution in [0, 0.1) is 5.92 Å². The van der Waals surface area contributed by atoms with Crippen LogP contribution in [0.25, 0.3) is 0 Å². The lowest BCUT2D eigenvalue weighted by Crippen LogP contribution is -2.74. The molecule has 0 radical (unpaired) electrons. The number of piperidine rings is 1. The van der Waals surface area contributed by atoms with Crippen LogP contribution in [0.15, 0.2) is 36.1 Å². The average Bonchev–Trinajstić information content (AvgIpc) is 3.20. The molecule has 2 heterocycles. The molecule has 1 aromatic carbocycles. The van der Waals surface area contributed by atoms with Gasteiger partial charge < -0.3 is 34.6 Å². The minimum absolute atomic E-state index is 0. The number of carbonyl (C=O) groups is 3. The summed E-state index contributed by atoms with van der Waals surface area (Å²) >= 11 is 0. The molecule has 38 heavy (non-hydrogen) atoms. The van der Waals surface area contributed by atoms with Crippen molar-refractivity contribution < 1.29 is 38.8 Å². The molecule has 4 aliphatic rings. The zero-order chi connectivity index (χ0) is 26.7. The molecule has 206 valence electrons. The van der Waals surface area contributed by atoms with E-state index in [2.05, 4.69) is 10.2 Å². The van der Waals surface area contributed by atoms with Gasteiger partial charge in [0, 0.05) is 30.2 Å². The minimum atomic E-state index is -1.16. The Morgan fingerprint density at radius 2 is 2.00 bits per heavy atom. The van der Waals surface area contributed by atoms with Crippen LogP contribution in [0.1, 0.15) is 37.8 Å². The van der Waals surface area contributed by atoms with Gasteiger partial charge in [-0.05, 0) is 50.1 Å². The first-order valence-electron chi connectivity index (χ1n) is 12.5. The topological polar surface area (TPSA) is 135 Å². The highest BCUT2D eigenvalue weighted by atomic mass is 32.1. The van der Waals surface area contributed by atoms with Crippen molar-refractivity contribution in [1.82, 2.24) is 10.2 Å². The van der Waals surface area contributed by atoms with Crippen molar-refractivity contribution in [2.45, 2.75) is 62.3 Å². The lowest BCUT2D eigenvalue weighted by Gasteiger charge is -2.61. The van der Waals surface area contributed by atoms with Crippen molar-refractivity contribution in [3.8, 4) is 11.5 Å². The highest BCUT2D eigenvalue weighted by molar-refractivity contribution is 7.59. The number of ether oxygens (including phenoxy) is 3. The number of carbonyl (C=O) groups excluding carboxylic acids is 2. The van der Waals surface area contributed by atoms with E-state index >= 15 is 0 Å². The van der Waals surface area contributed by atoms with Crippen molar-refractivity contribution in [3.63, 3.8) is 0 Å². The van der Waals surface area contributed by atoms with Crippen LogP contribution in [0.4, 0.5) is 0 Å². The number of amides is 1. The number of nitrogens with zero attached hydrogens (tertiary/aromatic N) is 1. The molecule has 5 rings (SSSR count). The maximum Gasteiger partial charge on any atom is 0.336 e. The molecule has 3 N–H and O–H groups in total. The molecule has 1 spiro atoms. The number of likely N-dealkylation sites (tertiary alicyclic amines) is 1. The number of nitrogens with one attached hydrogen (secondary N) is 1. The summed E-state index contributed by atoms with van der Waals surface area (Å²) in [6.45, 7) is 4.09. The van der Waals surface area contributed by atoms with Gasteiger partial charge in [0.2, 0.25) is 5.91 Å². The van der Waals surface area contributed by atoms with Gasteiger partial charge in [-0.2, -0.15) is 13.5 Å². The van der Waals surface area contributed by atoms with E-state index in [0.717, 1.165) is 29.8 Å². The highest BCUT2D eigenvalue weighted by Gasteiger charge is 2.72. The molecule has 5 atom stereocenters. The van der Waals surface area contributed by atoms with E-state index in [1.54, 1.807) is 27.0 Å². The standard InChI is InChI=1S/C27H32N2O8.H2S/c1-14(2)22(25(32)33)28-19(30)7-8-20(31)36-17-9-10-27(34)18-13-15-5-6-16(35-4)23-21(15)26(27,24(17)37-23)11-12-29(18)3;/h5-9,14,18,22,24,34H,10-13H2,1-4H3,(H,28,30)(H,32,33);1H2/b8-7+;/t18-,22?,24?,26+,27-;/m1./s1. The zero-order valence-corrected chi connectivity index (χ0v) is 22.8. The van der Waals surface area contributed by atoms with Crippen molar-refractivity contribution in [3.05, 3.63) is 47.2 Å². The van der Waals surface area contributed by atoms with Crippen molar-refractivity contribution in [2.75, 3.05) is 20.7 Å². The monoisotopic (exact) mass is 546 g/mol. The van der Waals surface area contributed by atoms with Gasteiger partial charge in [-0.1, -0.05) is 19.9 Å². The first kappa shape index (κ1) is 28.0. The summed E-state index contributed by atoms with van der Waals surface area (Å²) in [5, 5.41) is 23.8. The van der Waals surface area contributed by atoms with E-state index in [4.69, 9.17) is 14.2 Å². The minimum Gasteiger partial charge on any atom is -0.493 e. The van der Waals surface area contributed by atoms with Crippen LogP contribution in [0.3, 0.4) is 0 Å². The van der Waals surface area contributed by atoms with Gasteiger partial charge in [0.05, 0.1) is 18.1 Å². The second kappa shape index (κ2) is 9.94. The number of benzene rings is 1. The number of methoxy groups -OCH3 is 1. The second-order valence-corrected chi connectivity index (χ2v) is 10.6. The molecular formula is C27H34N2O8S. The SMILES string of the molecule is COc1ccc2c3c1OC1C(OC(=O)/C=C/C(=O)NC(C(=O)O)C(C)C)=CC[C@@]4(O)[C@@H](C2)N(C)CC[C@]314.S. The number of aliphatic hydroxyl groups is 1. The van der Waals surface area contributed by atoms with Gasteiger partial charge in [-0.15, -0.1) is 0 Å². The predicted molar refractivity (Wildman–Crippen MR) is 141 cm³/mol. The smallest absolute Gasteiger partial charge is 0.336 e. The molecule has 2 aliphatic carbocycles. The Balaban J connectivity index is 0.00000336. The van der Waals surface area contributed by atoms with Crippen molar-refractivity contribution in [2.24, 2.45) is 5.92 Å². The Bertz CT molecular complexity index is 1230. The molecule has 1 aromatic rings. The van der Waals surface area contributed by atoms with E-state index in [9.17, 15) is 24.6 Å². The Hall–Kier alpha value is -3.02. The second-order valence-electron chi connectivity index (χ2n) is 10.6. The Kier molecular flexibility index (Phi) is 7.32. The molecule has 2 unspecified atom stereocenters. The van der Waals surface area contributed by atoms with Crippen LogP contribution in [0.5, 0.6) is 11.5 Å². The maximum atomic E-state index is 12.7. The number of hydrogen-bond donors (Lipinski definition) is 3. The number of hydrogen-bond acceptors (Lipinski definition) is 8. The molecule has 0 saturated carbocycles. The molecule has 11 heteroatoms. The molecule has 1 amide bonds. The van der Waals surface area contributed by atoms with Gasteiger partial charge in [-0.3, -0.25) is 4.79 Å². The molecule has 2 bridgehead atoms. The molecule has 0 aromatic heterocycles. The summed E-state index contributed by atoms with van der Waals surface area (Å²) < 4.78 is 17.7. The average molecular weight is 547 g/mol. The molecular weight excluding hydrogens is 512 g/mol. The summed E-state index contributed by atoms with van der Waals surface area (Å²) in [4.78, 5) is 38.4. The number of carboxylic acid groups (broad SMARTS) is 1. The summed E-state index contributed by atoms with van der Waals surface area (Å²) in [5.74, 6) is -1.60. The number of esters is 1. The van der Waals surface area contributed by atoms with E-state index in [1.165, 1.54) is 0 Å². The number of likely N-dealkylation sites (N-methyl/N-ethyl adjacent to an activating group) is 1. The van der Waals surface area contributed by atoms with Crippen molar-refractivity contribution in [1.29, 1.82) is 0 Å². The fourth-order valence-electron chi connectivity index (χ4n) is 6.60. The van der Waals surface area contributed by atoms with Crippen molar-refractivity contribution >= 4 is 31.3 Å². The Morgan fingerprint density at radius 3 is 2.66 bits per heavy atom. The molecule has 2 aliphatic heterocycles. The predicted octanol–water partition coefficient (Wildman–Crippen LogP) is 1.41. The summed E-state index contributed by atoms with van der Waals surface area (Å²) in [7, 11) is 3.58. The zero-order valence-electron chi connectivity index (χ0n) is 21.8. The van der Waals surface area contributed by atoms with Gasteiger partial charge in [0.15, 0.2) is 17.6 Å². The quantitative estimate of drug-likeness (QED) is 0.343. The Morgan fingerprint density at radius 1 is 1.26 bits per heavy atom. The van der Waals surface area contributed by atoms with Gasteiger partial charge in [0.25, 0.3) is 0 Å². The summed E-state index contributed by atoms with van der Waals surface area (Å²) in [6, 6.07) is 2.67. The van der Waals surface area contributed by atoms with E-state index in [1.807, 2.05) is 19.2 Å². The largest absolute Gasteiger partial charge is 0.493 e. The van der Waals surface area contributed by atoms with Crippen LogP contribution < -0.4 is 14.8 Å². The first-order valence-corrected chi connectivity index (χ1v) is 12.5. The molecule has 1 saturated heterocycles. The fraction of sp³-hybridized carbons (Fsp3) is 0.519.